The largest absolute Gasteiger partial charge is 0.496 e. The van der Waals surface area contributed by atoms with Gasteiger partial charge in [0.2, 0.25) is 0 Å². The third-order valence-corrected chi connectivity index (χ3v) is 5.05. The molecule has 0 bridgehead atoms. The van der Waals surface area contributed by atoms with E-state index < -0.39 is 11.7 Å². The number of hydrogen-bond donors (Lipinski definition) is 1. The van der Waals surface area contributed by atoms with Crippen LogP contribution in [0.4, 0.5) is 13.2 Å². The van der Waals surface area contributed by atoms with Crippen LogP contribution in [0.15, 0.2) is 42.5 Å². The average molecular weight is 393 g/mol. The smallest absolute Gasteiger partial charge is 0.416 e. The van der Waals surface area contributed by atoms with E-state index >= 15 is 0 Å². The minimum absolute atomic E-state index is 0.0707. The Morgan fingerprint density at radius 1 is 1.14 bits per heavy atom. The lowest BCUT2D eigenvalue weighted by atomic mass is 10.1. The van der Waals surface area contributed by atoms with E-state index in [4.69, 9.17) is 4.74 Å². The molecule has 1 N–H and O–H groups in total. The molecular weight excluding hydrogens is 369 g/mol. The van der Waals surface area contributed by atoms with Crippen LogP contribution in [0, 0.1) is 6.92 Å². The number of benzene rings is 2. The Balaban J connectivity index is 1.62. The number of rotatable bonds is 4. The molecule has 1 saturated heterocycles. The highest BCUT2D eigenvalue weighted by Crippen LogP contribution is 2.29. The number of piperazine rings is 1. The lowest BCUT2D eigenvalue weighted by Crippen LogP contribution is -3.13. The van der Waals surface area contributed by atoms with Gasteiger partial charge in [0.15, 0.2) is 0 Å². The van der Waals surface area contributed by atoms with Crippen molar-refractivity contribution in [2.45, 2.75) is 19.6 Å². The normalized spacial score (nSPS) is 15.5. The Kier molecular flexibility index (Phi) is 5.93. The van der Waals surface area contributed by atoms with Crippen LogP contribution in [0.5, 0.6) is 5.75 Å². The Morgan fingerprint density at radius 3 is 2.50 bits per heavy atom. The fourth-order valence-electron chi connectivity index (χ4n) is 3.51. The van der Waals surface area contributed by atoms with Gasteiger partial charge in [-0.1, -0.05) is 23.8 Å². The number of halogens is 3. The van der Waals surface area contributed by atoms with Gasteiger partial charge in [-0.15, -0.1) is 0 Å². The second-order valence-electron chi connectivity index (χ2n) is 7.12. The van der Waals surface area contributed by atoms with E-state index in [9.17, 15) is 18.0 Å². The van der Waals surface area contributed by atoms with Crippen LogP contribution >= 0.6 is 0 Å². The fourth-order valence-corrected chi connectivity index (χ4v) is 3.51. The SMILES string of the molecule is COc1ccc(C)cc1C(=O)N1CC[NH+](Cc2cccc(C(F)(F)F)c2)CC1. The molecule has 3 rings (SSSR count). The van der Waals surface area contributed by atoms with E-state index in [1.54, 1.807) is 24.1 Å². The maximum atomic E-state index is 12.9. The molecule has 1 amide bonds. The van der Waals surface area contributed by atoms with Crippen molar-refractivity contribution >= 4 is 5.91 Å². The Morgan fingerprint density at radius 2 is 1.86 bits per heavy atom. The minimum atomic E-state index is -4.33. The summed E-state index contributed by atoms with van der Waals surface area (Å²) in [6.45, 7) is 4.94. The molecule has 28 heavy (non-hydrogen) atoms. The van der Waals surface area contributed by atoms with Crippen molar-refractivity contribution < 1.29 is 27.6 Å². The van der Waals surface area contributed by atoms with Crippen molar-refractivity contribution in [2.75, 3.05) is 33.3 Å². The zero-order valence-corrected chi connectivity index (χ0v) is 16.0. The van der Waals surface area contributed by atoms with Gasteiger partial charge in [-0.05, 0) is 31.2 Å². The molecule has 2 aromatic rings. The molecule has 1 aliphatic heterocycles. The lowest BCUT2D eigenvalue weighted by Gasteiger charge is -2.32. The number of nitrogens with zero attached hydrogens (tertiary/aromatic N) is 1. The van der Waals surface area contributed by atoms with E-state index in [1.807, 2.05) is 19.1 Å². The van der Waals surface area contributed by atoms with Crippen molar-refractivity contribution in [3.63, 3.8) is 0 Å². The second kappa shape index (κ2) is 8.22. The quantitative estimate of drug-likeness (QED) is 0.867. The summed E-state index contributed by atoms with van der Waals surface area (Å²) >= 11 is 0. The first-order valence-electron chi connectivity index (χ1n) is 9.21. The lowest BCUT2D eigenvalue weighted by molar-refractivity contribution is -0.917. The first kappa shape index (κ1) is 20.2. The number of ether oxygens (including phenoxy) is 1. The van der Waals surface area contributed by atoms with Gasteiger partial charge in [-0.25, -0.2) is 0 Å². The molecular formula is C21H24F3N2O2+. The molecule has 2 aromatic carbocycles. The van der Waals surface area contributed by atoms with E-state index in [-0.39, 0.29) is 5.91 Å². The van der Waals surface area contributed by atoms with Crippen molar-refractivity contribution in [1.82, 2.24) is 4.90 Å². The predicted octanol–water partition coefficient (Wildman–Crippen LogP) is 2.56. The third kappa shape index (κ3) is 4.65. The standard InChI is InChI=1S/C21H23F3N2O2/c1-15-6-7-19(28-2)18(12-15)20(27)26-10-8-25(9-11-26)14-16-4-3-5-17(13-16)21(22,23)24/h3-7,12-13H,8-11,14H2,1-2H3/p+1. The van der Waals surface area contributed by atoms with Crippen molar-refractivity contribution in [2.24, 2.45) is 0 Å². The van der Waals surface area contributed by atoms with Gasteiger partial charge in [0.1, 0.15) is 12.3 Å². The third-order valence-electron chi connectivity index (χ3n) is 5.05. The minimum Gasteiger partial charge on any atom is -0.496 e. The summed E-state index contributed by atoms with van der Waals surface area (Å²) in [5.41, 5.74) is 1.57. The fraction of sp³-hybridized carbons (Fsp3) is 0.381. The average Bonchev–Trinajstić information content (AvgIpc) is 2.67. The van der Waals surface area contributed by atoms with Crippen LogP contribution in [0.1, 0.15) is 27.0 Å². The van der Waals surface area contributed by atoms with Crippen LogP contribution in [-0.4, -0.2) is 44.1 Å². The zero-order valence-electron chi connectivity index (χ0n) is 16.0. The molecule has 1 aliphatic rings. The molecule has 150 valence electrons. The van der Waals surface area contributed by atoms with E-state index in [2.05, 4.69) is 0 Å². The molecule has 0 aromatic heterocycles. The molecule has 1 fully saturated rings. The summed E-state index contributed by atoms with van der Waals surface area (Å²) in [7, 11) is 1.54. The highest BCUT2D eigenvalue weighted by molar-refractivity contribution is 5.97. The molecule has 1 heterocycles. The maximum Gasteiger partial charge on any atom is 0.416 e. The molecule has 4 nitrogen and oxygen atoms in total. The van der Waals surface area contributed by atoms with Gasteiger partial charge in [-0.2, -0.15) is 13.2 Å². The number of amides is 1. The van der Waals surface area contributed by atoms with Crippen molar-refractivity contribution in [3.8, 4) is 5.75 Å². The van der Waals surface area contributed by atoms with Gasteiger partial charge in [0.05, 0.1) is 44.4 Å². The highest BCUT2D eigenvalue weighted by Gasteiger charge is 2.31. The number of quaternary nitrogens is 1. The molecule has 7 heteroatoms. The number of hydrogen-bond acceptors (Lipinski definition) is 2. The van der Waals surface area contributed by atoms with E-state index in [0.29, 0.717) is 49.6 Å². The summed E-state index contributed by atoms with van der Waals surface area (Å²) < 4.78 is 43.9. The Hall–Kier alpha value is -2.54. The molecule has 0 spiro atoms. The van der Waals surface area contributed by atoms with E-state index in [0.717, 1.165) is 11.6 Å². The van der Waals surface area contributed by atoms with Gasteiger partial charge in [0, 0.05) is 5.56 Å². The molecule has 0 atom stereocenters. The zero-order chi connectivity index (χ0) is 20.3. The predicted molar refractivity (Wildman–Crippen MR) is 99.5 cm³/mol. The van der Waals surface area contributed by atoms with Crippen LogP contribution in [0.25, 0.3) is 0 Å². The number of methoxy groups -OCH3 is 1. The van der Waals surface area contributed by atoms with Gasteiger partial charge in [-0.3, -0.25) is 4.79 Å². The summed E-state index contributed by atoms with van der Waals surface area (Å²) in [6, 6.07) is 11.0. The van der Waals surface area contributed by atoms with Crippen LogP contribution in [0.2, 0.25) is 0 Å². The summed E-state index contributed by atoms with van der Waals surface area (Å²) in [6.07, 6.45) is -4.33. The summed E-state index contributed by atoms with van der Waals surface area (Å²) in [5, 5.41) is 0. The Bertz CT molecular complexity index is 844. The topological polar surface area (TPSA) is 34.0 Å². The molecule has 0 radical (unpaired) electrons. The van der Waals surface area contributed by atoms with Crippen molar-refractivity contribution in [1.29, 1.82) is 0 Å². The number of aryl methyl sites for hydroxylation is 1. The van der Waals surface area contributed by atoms with E-state index in [1.165, 1.54) is 17.0 Å². The van der Waals surface area contributed by atoms with Crippen LogP contribution in [-0.2, 0) is 12.7 Å². The maximum absolute atomic E-state index is 12.9. The molecule has 0 unspecified atom stereocenters. The number of carbonyl (C=O) groups excluding carboxylic acids is 1. The van der Waals surface area contributed by atoms with Gasteiger partial charge < -0.3 is 14.5 Å². The molecule has 0 aliphatic carbocycles. The van der Waals surface area contributed by atoms with Crippen molar-refractivity contribution in [3.05, 3.63) is 64.7 Å². The Labute approximate surface area is 162 Å². The number of carbonyl (C=O) groups is 1. The number of nitrogens with one attached hydrogen (secondary N) is 1. The highest BCUT2D eigenvalue weighted by atomic mass is 19.4. The van der Waals surface area contributed by atoms with Gasteiger partial charge >= 0.3 is 6.18 Å². The first-order chi connectivity index (χ1) is 13.3. The molecule has 0 saturated carbocycles. The summed E-state index contributed by atoms with van der Waals surface area (Å²) in [5.74, 6) is 0.480. The van der Waals surface area contributed by atoms with Crippen LogP contribution in [0.3, 0.4) is 0 Å². The summed E-state index contributed by atoms with van der Waals surface area (Å²) in [4.78, 5) is 15.8. The monoisotopic (exact) mass is 393 g/mol. The van der Waals surface area contributed by atoms with Crippen LogP contribution < -0.4 is 9.64 Å². The van der Waals surface area contributed by atoms with Gasteiger partial charge in [0.25, 0.3) is 5.91 Å². The number of alkyl halides is 3. The second-order valence-corrected chi connectivity index (χ2v) is 7.12. The first-order valence-corrected chi connectivity index (χ1v) is 9.21.